The number of Topliss-reactive ketones (excluding diaryl/α,β-unsaturated/α-hetero) is 1. The predicted molar refractivity (Wildman–Crippen MR) is 60.9 cm³/mol. The van der Waals surface area contributed by atoms with Crippen LogP contribution < -0.4 is 5.32 Å². The highest BCUT2D eigenvalue weighted by Gasteiger charge is 2.17. The van der Waals surface area contributed by atoms with Gasteiger partial charge in [0.25, 0.3) is 0 Å². The van der Waals surface area contributed by atoms with Crippen molar-refractivity contribution in [1.29, 1.82) is 0 Å². The van der Waals surface area contributed by atoms with Crippen molar-refractivity contribution < 1.29 is 13.6 Å². The molecular formula is C13H15F2NO. The normalized spacial score (nSPS) is 19.5. The third-order valence-corrected chi connectivity index (χ3v) is 3.18. The van der Waals surface area contributed by atoms with Crippen LogP contribution in [0.5, 0.6) is 0 Å². The van der Waals surface area contributed by atoms with E-state index >= 15 is 0 Å². The molecule has 1 unspecified atom stereocenters. The van der Waals surface area contributed by atoms with Crippen molar-refractivity contribution in [2.75, 3.05) is 13.1 Å². The van der Waals surface area contributed by atoms with Crippen molar-refractivity contribution >= 4 is 5.78 Å². The van der Waals surface area contributed by atoms with Crippen molar-refractivity contribution in [2.45, 2.75) is 19.3 Å². The van der Waals surface area contributed by atoms with Gasteiger partial charge in [-0.05, 0) is 50.0 Å². The van der Waals surface area contributed by atoms with E-state index in [2.05, 4.69) is 5.32 Å². The number of halogens is 2. The fourth-order valence-electron chi connectivity index (χ4n) is 2.11. The average molecular weight is 239 g/mol. The molecule has 2 rings (SSSR count). The maximum absolute atomic E-state index is 12.9. The quantitative estimate of drug-likeness (QED) is 0.818. The summed E-state index contributed by atoms with van der Waals surface area (Å²) < 4.78 is 25.6. The van der Waals surface area contributed by atoms with E-state index in [1.807, 2.05) is 0 Å². The van der Waals surface area contributed by atoms with Crippen LogP contribution in [0.15, 0.2) is 18.2 Å². The Morgan fingerprint density at radius 1 is 1.35 bits per heavy atom. The summed E-state index contributed by atoms with van der Waals surface area (Å²) >= 11 is 0. The first-order valence-electron chi connectivity index (χ1n) is 5.86. The van der Waals surface area contributed by atoms with Crippen LogP contribution in [0.2, 0.25) is 0 Å². The van der Waals surface area contributed by atoms with Crippen molar-refractivity contribution in [3.8, 4) is 0 Å². The summed E-state index contributed by atoms with van der Waals surface area (Å²) in [4.78, 5) is 11.8. The minimum absolute atomic E-state index is 0.115. The Bertz CT molecular complexity index is 414. The maximum atomic E-state index is 12.9. The molecule has 1 aliphatic rings. The first-order valence-corrected chi connectivity index (χ1v) is 5.86. The smallest absolute Gasteiger partial charge is 0.162 e. The molecule has 1 fully saturated rings. The summed E-state index contributed by atoms with van der Waals surface area (Å²) in [5.74, 6) is -1.46. The summed E-state index contributed by atoms with van der Waals surface area (Å²) in [5.41, 5.74) is 0.259. The standard InChI is InChI=1S/C13H15F2NO/c14-11-3-2-10(7-12(11)15)13(17)4-1-9-5-6-16-8-9/h2-3,7,9,16H,1,4-6,8H2. The molecule has 1 saturated heterocycles. The van der Waals surface area contributed by atoms with Crippen LogP contribution in [0.4, 0.5) is 8.78 Å². The first kappa shape index (κ1) is 12.2. The molecule has 0 aliphatic carbocycles. The lowest BCUT2D eigenvalue weighted by molar-refractivity contribution is 0.0974. The average Bonchev–Trinajstić information content (AvgIpc) is 2.82. The molecule has 0 bridgehead atoms. The van der Waals surface area contributed by atoms with Gasteiger partial charge >= 0.3 is 0 Å². The zero-order chi connectivity index (χ0) is 12.3. The minimum Gasteiger partial charge on any atom is -0.316 e. The minimum atomic E-state index is -0.960. The highest BCUT2D eigenvalue weighted by molar-refractivity contribution is 5.96. The van der Waals surface area contributed by atoms with Gasteiger partial charge in [-0.3, -0.25) is 4.79 Å². The molecule has 0 aromatic heterocycles. The van der Waals surface area contributed by atoms with Crippen LogP contribution >= 0.6 is 0 Å². The van der Waals surface area contributed by atoms with E-state index in [1.165, 1.54) is 6.07 Å². The van der Waals surface area contributed by atoms with Crippen LogP contribution in [0.1, 0.15) is 29.6 Å². The molecule has 0 spiro atoms. The van der Waals surface area contributed by atoms with Crippen molar-refractivity contribution in [1.82, 2.24) is 5.32 Å². The molecule has 0 radical (unpaired) electrons. The molecule has 17 heavy (non-hydrogen) atoms. The van der Waals surface area contributed by atoms with Gasteiger partial charge in [-0.2, -0.15) is 0 Å². The Kier molecular flexibility index (Phi) is 3.84. The second-order valence-electron chi connectivity index (χ2n) is 4.45. The van der Waals surface area contributed by atoms with Gasteiger partial charge in [-0.15, -0.1) is 0 Å². The van der Waals surface area contributed by atoms with E-state index in [-0.39, 0.29) is 11.3 Å². The fourth-order valence-corrected chi connectivity index (χ4v) is 2.11. The van der Waals surface area contributed by atoms with Gasteiger partial charge in [0.15, 0.2) is 17.4 Å². The van der Waals surface area contributed by atoms with Crippen LogP contribution in [0, 0.1) is 17.6 Å². The fraction of sp³-hybridized carbons (Fsp3) is 0.462. The first-order chi connectivity index (χ1) is 8.16. The molecule has 1 aromatic rings. The molecule has 1 aliphatic heterocycles. The number of rotatable bonds is 4. The van der Waals surface area contributed by atoms with Gasteiger partial charge in [-0.25, -0.2) is 8.78 Å². The number of carbonyl (C=O) groups is 1. The van der Waals surface area contributed by atoms with Crippen LogP contribution in [-0.2, 0) is 0 Å². The second kappa shape index (κ2) is 5.36. The monoisotopic (exact) mass is 239 g/mol. The van der Waals surface area contributed by atoms with Gasteiger partial charge in [0, 0.05) is 12.0 Å². The highest BCUT2D eigenvalue weighted by atomic mass is 19.2. The SMILES string of the molecule is O=C(CCC1CCNC1)c1ccc(F)c(F)c1. The van der Waals surface area contributed by atoms with Gasteiger partial charge in [0.2, 0.25) is 0 Å². The van der Waals surface area contributed by atoms with Gasteiger partial charge in [0.05, 0.1) is 0 Å². The highest BCUT2D eigenvalue weighted by Crippen LogP contribution is 2.17. The molecular weight excluding hydrogens is 224 g/mol. The summed E-state index contributed by atoms with van der Waals surface area (Å²) in [5, 5.41) is 3.23. The number of hydrogen-bond donors (Lipinski definition) is 1. The Labute approximate surface area is 99.0 Å². The van der Waals surface area contributed by atoms with Crippen LogP contribution in [0.25, 0.3) is 0 Å². The van der Waals surface area contributed by atoms with Crippen LogP contribution in [-0.4, -0.2) is 18.9 Å². The Morgan fingerprint density at radius 2 is 2.18 bits per heavy atom. The van der Waals surface area contributed by atoms with Crippen molar-refractivity contribution in [3.63, 3.8) is 0 Å². The van der Waals surface area contributed by atoms with E-state index in [9.17, 15) is 13.6 Å². The molecule has 4 heteroatoms. The van der Waals surface area contributed by atoms with Gasteiger partial charge in [0.1, 0.15) is 0 Å². The molecule has 92 valence electrons. The summed E-state index contributed by atoms with van der Waals surface area (Å²) in [6, 6.07) is 3.32. The Hall–Kier alpha value is -1.29. The van der Waals surface area contributed by atoms with Crippen LogP contribution in [0.3, 0.4) is 0 Å². The van der Waals surface area contributed by atoms with E-state index < -0.39 is 11.6 Å². The second-order valence-corrected chi connectivity index (χ2v) is 4.45. The van der Waals surface area contributed by atoms with Gasteiger partial charge < -0.3 is 5.32 Å². The third-order valence-electron chi connectivity index (χ3n) is 3.18. The number of carbonyl (C=O) groups excluding carboxylic acids is 1. The summed E-state index contributed by atoms with van der Waals surface area (Å²) in [6.07, 6.45) is 2.30. The number of hydrogen-bond acceptors (Lipinski definition) is 2. The lowest BCUT2D eigenvalue weighted by Gasteiger charge is -2.07. The lowest BCUT2D eigenvalue weighted by Crippen LogP contribution is -2.10. The zero-order valence-electron chi connectivity index (χ0n) is 9.51. The predicted octanol–water partition coefficient (Wildman–Crippen LogP) is 2.54. The molecule has 1 heterocycles. The number of ketones is 1. The zero-order valence-corrected chi connectivity index (χ0v) is 9.51. The van der Waals surface area contributed by atoms with Crippen molar-refractivity contribution in [3.05, 3.63) is 35.4 Å². The van der Waals surface area contributed by atoms with E-state index in [4.69, 9.17) is 0 Å². The molecule has 1 aromatic carbocycles. The Balaban J connectivity index is 1.92. The largest absolute Gasteiger partial charge is 0.316 e. The molecule has 1 atom stereocenters. The van der Waals surface area contributed by atoms with Crippen molar-refractivity contribution in [2.24, 2.45) is 5.92 Å². The topological polar surface area (TPSA) is 29.1 Å². The summed E-state index contributed by atoms with van der Waals surface area (Å²) in [7, 11) is 0. The van der Waals surface area contributed by atoms with E-state index in [1.54, 1.807) is 0 Å². The molecule has 2 nitrogen and oxygen atoms in total. The number of benzene rings is 1. The van der Waals surface area contributed by atoms with Gasteiger partial charge in [-0.1, -0.05) is 0 Å². The molecule has 0 amide bonds. The van der Waals surface area contributed by atoms with E-state index in [0.29, 0.717) is 12.3 Å². The Morgan fingerprint density at radius 3 is 2.82 bits per heavy atom. The molecule has 0 saturated carbocycles. The summed E-state index contributed by atoms with van der Waals surface area (Å²) in [6.45, 7) is 1.95. The maximum Gasteiger partial charge on any atom is 0.162 e. The third kappa shape index (κ3) is 3.09. The lowest BCUT2D eigenvalue weighted by atomic mass is 9.98. The van der Waals surface area contributed by atoms with E-state index in [0.717, 1.165) is 38.1 Å². The number of nitrogens with one attached hydrogen (secondary N) is 1. The molecule has 1 N–H and O–H groups in total.